The van der Waals surface area contributed by atoms with Gasteiger partial charge in [-0.05, 0) is 43.7 Å². The molecule has 6 rings (SSSR count). The van der Waals surface area contributed by atoms with Crippen LogP contribution in [0.5, 0.6) is 11.5 Å². The lowest BCUT2D eigenvalue weighted by molar-refractivity contribution is -0.119. The van der Waals surface area contributed by atoms with Crippen molar-refractivity contribution in [3.63, 3.8) is 0 Å². The van der Waals surface area contributed by atoms with Gasteiger partial charge in [0.15, 0.2) is 0 Å². The molecule has 3 heterocycles. The Balaban J connectivity index is 1.30. The molecule has 3 aromatic carbocycles. The summed E-state index contributed by atoms with van der Waals surface area (Å²) in [6.07, 6.45) is 1.03. The van der Waals surface area contributed by atoms with Gasteiger partial charge in [0, 0.05) is 77.1 Å². The van der Waals surface area contributed by atoms with Crippen molar-refractivity contribution in [3.8, 4) is 45.1 Å². The molecule has 2 amide bonds. The standard InChI is InChI=1S/C39H38Cl3N5O6/c1-21(48)17-43-18-24-15-30(40)37-29(38(24)53-3)10-11-31(46-37)28-6-4-5-26(34(28)41)27-13-14-44-36(35(27)42)22-7-8-23(32(16-22)52-2)19-47(39(50)51)20-25-9-12-33(49)45-25/h4-8,10-11,13-16,21,25,43,48H,9,12,17-20H2,1-3H3,(H,45,49)(H,50,51)/t21-,25-/m0/s1. The molecule has 2 atom stereocenters. The molecule has 53 heavy (non-hydrogen) atoms. The molecule has 0 aliphatic carbocycles. The van der Waals surface area contributed by atoms with E-state index in [1.165, 1.54) is 12.0 Å². The number of carboxylic acid groups (broad SMARTS) is 1. The second-order valence-electron chi connectivity index (χ2n) is 12.8. The number of hydrogen-bond acceptors (Lipinski definition) is 8. The van der Waals surface area contributed by atoms with Gasteiger partial charge in [-0.1, -0.05) is 65.1 Å². The Bertz CT molecular complexity index is 2180. The average Bonchev–Trinajstić information content (AvgIpc) is 3.56. The summed E-state index contributed by atoms with van der Waals surface area (Å²) in [6, 6.07) is 18.1. The largest absolute Gasteiger partial charge is 0.496 e. The third-order valence-corrected chi connectivity index (χ3v) is 10.2. The van der Waals surface area contributed by atoms with Crippen LogP contribution < -0.4 is 20.1 Å². The van der Waals surface area contributed by atoms with Gasteiger partial charge < -0.3 is 35.2 Å². The van der Waals surface area contributed by atoms with Crippen molar-refractivity contribution < 1.29 is 29.3 Å². The number of aliphatic hydroxyl groups excluding tert-OH is 1. The van der Waals surface area contributed by atoms with Gasteiger partial charge in [0.2, 0.25) is 5.91 Å². The number of ether oxygens (including phenoxy) is 2. The normalized spacial score (nSPS) is 14.6. The predicted octanol–water partition coefficient (Wildman–Crippen LogP) is 7.84. The second-order valence-corrected chi connectivity index (χ2v) is 14.0. The Morgan fingerprint density at radius 2 is 1.79 bits per heavy atom. The van der Waals surface area contributed by atoms with E-state index in [4.69, 9.17) is 49.3 Å². The van der Waals surface area contributed by atoms with Crippen LogP contribution in [0, 0.1) is 0 Å². The van der Waals surface area contributed by atoms with E-state index in [-0.39, 0.29) is 25.0 Å². The van der Waals surface area contributed by atoms with Crippen LogP contribution in [0.15, 0.2) is 66.9 Å². The molecule has 0 spiro atoms. The summed E-state index contributed by atoms with van der Waals surface area (Å²) in [6.45, 7) is 2.83. The number of methoxy groups -OCH3 is 2. The van der Waals surface area contributed by atoms with Crippen molar-refractivity contribution >= 4 is 57.7 Å². The van der Waals surface area contributed by atoms with Crippen molar-refractivity contribution in [3.05, 3.63) is 93.1 Å². The number of carbonyl (C=O) groups is 2. The fourth-order valence-electron chi connectivity index (χ4n) is 6.53. The van der Waals surface area contributed by atoms with Crippen molar-refractivity contribution in [1.29, 1.82) is 0 Å². The fraction of sp³-hybridized carbons (Fsp3) is 0.282. The summed E-state index contributed by atoms with van der Waals surface area (Å²) in [5.41, 5.74) is 5.79. The first-order chi connectivity index (χ1) is 25.5. The molecule has 276 valence electrons. The number of aromatic nitrogens is 2. The predicted molar refractivity (Wildman–Crippen MR) is 207 cm³/mol. The molecule has 14 heteroatoms. The van der Waals surface area contributed by atoms with Crippen molar-refractivity contribution in [1.82, 2.24) is 25.5 Å². The molecule has 0 bridgehead atoms. The number of fused-ring (bicyclic) bond motifs is 1. The Hall–Kier alpha value is -4.65. The molecule has 1 aliphatic heterocycles. The van der Waals surface area contributed by atoms with Crippen molar-refractivity contribution in [2.24, 2.45) is 0 Å². The van der Waals surface area contributed by atoms with E-state index in [2.05, 4.69) is 15.6 Å². The third-order valence-electron chi connectivity index (χ3n) is 9.09. The maximum atomic E-state index is 12.1. The number of nitrogens with one attached hydrogen (secondary N) is 2. The minimum absolute atomic E-state index is 0.0674. The van der Waals surface area contributed by atoms with E-state index >= 15 is 0 Å². The Morgan fingerprint density at radius 1 is 1.02 bits per heavy atom. The molecule has 0 saturated carbocycles. The first-order valence-electron chi connectivity index (χ1n) is 16.9. The molecule has 2 aromatic heterocycles. The summed E-state index contributed by atoms with van der Waals surface area (Å²) in [5.74, 6) is 1.03. The zero-order valence-corrected chi connectivity index (χ0v) is 31.5. The van der Waals surface area contributed by atoms with E-state index in [1.807, 2.05) is 42.5 Å². The van der Waals surface area contributed by atoms with Crippen molar-refractivity contribution in [2.45, 2.75) is 45.0 Å². The van der Waals surface area contributed by atoms with Crippen LogP contribution in [0.3, 0.4) is 0 Å². The third kappa shape index (κ3) is 8.30. The molecule has 4 N–H and O–H groups in total. The zero-order chi connectivity index (χ0) is 37.8. The highest BCUT2D eigenvalue weighted by atomic mass is 35.5. The van der Waals surface area contributed by atoms with Crippen LogP contribution in [0.25, 0.3) is 44.5 Å². The highest BCUT2D eigenvalue weighted by Crippen LogP contribution is 2.43. The summed E-state index contributed by atoms with van der Waals surface area (Å²) in [5, 5.41) is 27.5. The minimum Gasteiger partial charge on any atom is -0.496 e. The van der Waals surface area contributed by atoms with E-state index < -0.39 is 12.2 Å². The topological polar surface area (TPSA) is 146 Å². The molecule has 1 aliphatic rings. The molecular weight excluding hydrogens is 741 g/mol. The maximum absolute atomic E-state index is 12.1. The van der Waals surface area contributed by atoms with Gasteiger partial charge in [-0.15, -0.1) is 0 Å². The molecule has 11 nitrogen and oxygen atoms in total. The van der Waals surface area contributed by atoms with E-state index in [0.29, 0.717) is 97.2 Å². The van der Waals surface area contributed by atoms with Gasteiger partial charge >= 0.3 is 6.09 Å². The van der Waals surface area contributed by atoms with Gasteiger partial charge in [-0.3, -0.25) is 9.78 Å². The first-order valence-corrected chi connectivity index (χ1v) is 18.1. The van der Waals surface area contributed by atoms with Gasteiger partial charge in [0.05, 0.1) is 58.8 Å². The van der Waals surface area contributed by atoms with Gasteiger partial charge in [0.25, 0.3) is 0 Å². The number of amides is 2. The van der Waals surface area contributed by atoms with Gasteiger partial charge in [-0.2, -0.15) is 0 Å². The second kappa shape index (κ2) is 16.6. The molecular formula is C39H38Cl3N5O6. The Kier molecular flexibility index (Phi) is 11.9. The quantitative estimate of drug-likeness (QED) is 0.0940. The van der Waals surface area contributed by atoms with Crippen LogP contribution in [-0.2, 0) is 17.9 Å². The number of hydrogen-bond donors (Lipinski definition) is 4. The molecule has 0 radical (unpaired) electrons. The number of rotatable bonds is 13. The molecule has 5 aromatic rings. The monoisotopic (exact) mass is 777 g/mol. The first kappa shape index (κ1) is 38.1. The highest BCUT2D eigenvalue weighted by Gasteiger charge is 2.26. The average molecular weight is 779 g/mol. The van der Waals surface area contributed by atoms with Crippen LogP contribution in [0.4, 0.5) is 4.79 Å². The highest BCUT2D eigenvalue weighted by molar-refractivity contribution is 6.39. The lowest BCUT2D eigenvalue weighted by Gasteiger charge is -2.24. The van der Waals surface area contributed by atoms with Crippen LogP contribution in [-0.4, -0.2) is 76.5 Å². The lowest BCUT2D eigenvalue weighted by Crippen LogP contribution is -2.41. The van der Waals surface area contributed by atoms with E-state index in [9.17, 15) is 19.8 Å². The summed E-state index contributed by atoms with van der Waals surface area (Å²) in [4.78, 5) is 34.5. The fourth-order valence-corrected chi connectivity index (χ4v) is 7.45. The minimum atomic E-state index is -1.10. The maximum Gasteiger partial charge on any atom is 0.407 e. The molecule has 0 unspecified atom stereocenters. The van der Waals surface area contributed by atoms with Gasteiger partial charge in [-0.25, -0.2) is 9.78 Å². The summed E-state index contributed by atoms with van der Waals surface area (Å²) in [7, 11) is 3.11. The van der Waals surface area contributed by atoms with Crippen molar-refractivity contribution in [2.75, 3.05) is 27.3 Å². The number of halogens is 3. The van der Waals surface area contributed by atoms with Crippen LogP contribution in [0.1, 0.15) is 30.9 Å². The van der Waals surface area contributed by atoms with Gasteiger partial charge in [0.1, 0.15) is 11.5 Å². The SMILES string of the molecule is COc1cc(-c2nccc(-c3cccc(-c4ccc5c(OC)c(CNC[C@H](C)O)cc(Cl)c5n4)c3Cl)c2Cl)ccc1CN(C[C@@H]1CCC(=O)N1)C(=O)O. The van der Waals surface area contributed by atoms with E-state index in [1.54, 1.807) is 38.4 Å². The number of aliphatic hydroxyl groups is 1. The van der Waals surface area contributed by atoms with E-state index in [0.717, 1.165) is 10.9 Å². The van der Waals surface area contributed by atoms with Crippen LogP contribution in [0.2, 0.25) is 15.1 Å². The summed E-state index contributed by atoms with van der Waals surface area (Å²) < 4.78 is 11.4. The number of nitrogens with zero attached hydrogens (tertiary/aromatic N) is 3. The number of pyridine rings is 2. The smallest absolute Gasteiger partial charge is 0.407 e. The Morgan fingerprint density at radius 3 is 2.49 bits per heavy atom. The molecule has 1 fully saturated rings. The lowest BCUT2D eigenvalue weighted by atomic mass is 9.98. The molecule has 1 saturated heterocycles. The zero-order valence-electron chi connectivity index (χ0n) is 29.3. The summed E-state index contributed by atoms with van der Waals surface area (Å²) >= 11 is 20.9. The number of benzene rings is 3. The Labute approximate surface area is 321 Å². The number of carbonyl (C=O) groups excluding carboxylic acids is 1. The van der Waals surface area contributed by atoms with Crippen LogP contribution >= 0.6 is 34.8 Å².